The number of hydrogen-bond donors (Lipinski definition) is 3. The number of fused-ring (bicyclic) bond motifs is 1. The maximum Gasteiger partial charge on any atom is 0.237 e. The van der Waals surface area contributed by atoms with Gasteiger partial charge in [0.25, 0.3) is 0 Å². The highest BCUT2D eigenvalue weighted by atomic mass is 32.2. The number of aromatic nitrogens is 1. The molecule has 1 unspecified atom stereocenters. The number of nitrogens with one attached hydrogen (secondary N) is 3. The molecule has 4 rings (SSSR count). The predicted molar refractivity (Wildman–Crippen MR) is 124 cm³/mol. The van der Waals surface area contributed by atoms with Crippen molar-refractivity contribution in [2.24, 2.45) is 5.92 Å². The molecule has 2 aromatic carbocycles. The Bertz CT molecular complexity index is 1040. The van der Waals surface area contributed by atoms with Crippen LogP contribution < -0.4 is 10.6 Å². The van der Waals surface area contributed by atoms with Crippen LogP contribution in [0.5, 0.6) is 0 Å². The molecule has 2 amide bonds. The van der Waals surface area contributed by atoms with Crippen LogP contribution in [0.1, 0.15) is 39.0 Å². The Kier molecular flexibility index (Phi) is 6.43. The summed E-state index contributed by atoms with van der Waals surface area (Å²) in [5.41, 5.74) is 2.56. The Morgan fingerprint density at radius 3 is 2.63 bits per heavy atom. The number of H-pyrrole nitrogens is 1. The van der Waals surface area contributed by atoms with Crippen molar-refractivity contribution in [3.05, 3.63) is 54.7 Å². The summed E-state index contributed by atoms with van der Waals surface area (Å²) in [6, 6.07) is 15.6. The summed E-state index contributed by atoms with van der Waals surface area (Å²) < 4.78 is 0. The fraction of sp³-hybridized carbons (Fsp3) is 0.333. The largest absolute Gasteiger partial charge is 0.361 e. The third-order valence-electron chi connectivity index (χ3n) is 5.58. The molecule has 6 heteroatoms. The molecule has 0 bridgehead atoms. The van der Waals surface area contributed by atoms with E-state index in [9.17, 15) is 9.59 Å². The number of aromatic amines is 1. The molecule has 1 aliphatic carbocycles. The molecule has 0 aliphatic heterocycles. The molecular weight excluding hydrogens is 394 g/mol. The molecule has 0 radical (unpaired) electrons. The Balaban J connectivity index is 1.35. The fourth-order valence-corrected chi connectivity index (χ4v) is 4.81. The maximum atomic E-state index is 12.6. The van der Waals surface area contributed by atoms with E-state index in [1.165, 1.54) is 18.2 Å². The van der Waals surface area contributed by atoms with Gasteiger partial charge in [0.2, 0.25) is 11.8 Å². The van der Waals surface area contributed by atoms with Crippen molar-refractivity contribution >= 4 is 45.9 Å². The van der Waals surface area contributed by atoms with E-state index in [4.69, 9.17) is 0 Å². The second kappa shape index (κ2) is 9.39. The van der Waals surface area contributed by atoms with Crippen LogP contribution in [-0.2, 0) is 9.59 Å². The fourth-order valence-electron chi connectivity index (χ4n) is 3.88. The SMILES string of the molecule is CC(Sc1cccc(NC(=O)C2CCCCC2)c1)C(=O)Nc1ccc2cc[nH]c2c1. The van der Waals surface area contributed by atoms with Gasteiger partial charge in [-0.15, -0.1) is 11.8 Å². The molecule has 1 fully saturated rings. The second-order valence-electron chi connectivity index (χ2n) is 7.88. The van der Waals surface area contributed by atoms with Gasteiger partial charge < -0.3 is 15.6 Å². The first-order valence-corrected chi connectivity index (χ1v) is 11.4. The van der Waals surface area contributed by atoms with E-state index in [1.54, 1.807) is 0 Å². The zero-order chi connectivity index (χ0) is 20.9. The van der Waals surface area contributed by atoms with Gasteiger partial charge in [-0.3, -0.25) is 9.59 Å². The third-order valence-corrected chi connectivity index (χ3v) is 6.68. The number of thioether (sulfide) groups is 1. The first kappa shape index (κ1) is 20.5. The first-order chi connectivity index (χ1) is 14.6. The van der Waals surface area contributed by atoms with Crippen LogP contribution in [0, 0.1) is 5.92 Å². The van der Waals surface area contributed by atoms with Gasteiger partial charge in [0.05, 0.1) is 5.25 Å². The number of carbonyl (C=O) groups is 2. The number of anilines is 2. The molecule has 1 atom stereocenters. The maximum absolute atomic E-state index is 12.6. The van der Waals surface area contributed by atoms with Gasteiger partial charge in [-0.05, 0) is 61.5 Å². The Morgan fingerprint density at radius 2 is 1.80 bits per heavy atom. The van der Waals surface area contributed by atoms with Gasteiger partial charge in [-0.2, -0.15) is 0 Å². The Morgan fingerprint density at radius 1 is 1.00 bits per heavy atom. The van der Waals surface area contributed by atoms with Gasteiger partial charge in [0.15, 0.2) is 0 Å². The van der Waals surface area contributed by atoms with E-state index in [0.717, 1.165) is 52.9 Å². The number of rotatable bonds is 6. The third kappa shape index (κ3) is 5.05. The highest BCUT2D eigenvalue weighted by Crippen LogP contribution is 2.29. The number of amides is 2. The normalized spacial score (nSPS) is 15.6. The number of benzene rings is 2. The van der Waals surface area contributed by atoms with Crippen molar-refractivity contribution in [2.45, 2.75) is 49.2 Å². The lowest BCUT2D eigenvalue weighted by molar-refractivity contribution is -0.120. The summed E-state index contributed by atoms with van der Waals surface area (Å²) in [7, 11) is 0. The van der Waals surface area contributed by atoms with E-state index in [2.05, 4.69) is 15.6 Å². The van der Waals surface area contributed by atoms with Crippen molar-refractivity contribution in [3.63, 3.8) is 0 Å². The molecule has 1 saturated carbocycles. The summed E-state index contributed by atoms with van der Waals surface area (Å²) in [5.74, 6) is 0.182. The number of carbonyl (C=O) groups excluding carboxylic acids is 2. The van der Waals surface area contributed by atoms with Gasteiger partial charge in [-0.1, -0.05) is 31.4 Å². The van der Waals surface area contributed by atoms with Crippen molar-refractivity contribution < 1.29 is 9.59 Å². The average molecular weight is 422 g/mol. The summed E-state index contributed by atoms with van der Waals surface area (Å²) in [5, 5.41) is 6.88. The van der Waals surface area contributed by atoms with E-state index in [0.29, 0.717) is 0 Å². The molecule has 3 aromatic rings. The van der Waals surface area contributed by atoms with Gasteiger partial charge >= 0.3 is 0 Å². The predicted octanol–water partition coefficient (Wildman–Crippen LogP) is 5.81. The number of hydrogen-bond acceptors (Lipinski definition) is 3. The summed E-state index contributed by atoms with van der Waals surface area (Å²) in [6.45, 7) is 1.89. The van der Waals surface area contributed by atoms with Crippen LogP contribution in [-0.4, -0.2) is 22.0 Å². The Labute approximate surface area is 181 Å². The summed E-state index contributed by atoms with van der Waals surface area (Å²) in [4.78, 5) is 29.3. The lowest BCUT2D eigenvalue weighted by Gasteiger charge is -2.21. The molecule has 0 spiro atoms. The lowest BCUT2D eigenvalue weighted by atomic mass is 9.88. The first-order valence-electron chi connectivity index (χ1n) is 10.5. The van der Waals surface area contributed by atoms with E-state index < -0.39 is 0 Å². The van der Waals surface area contributed by atoms with Crippen LogP contribution in [0.3, 0.4) is 0 Å². The minimum absolute atomic E-state index is 0.0532. The second-order valence-corrected chi connectivity index (χ2v) is 9.30. The summed E-state index contributed by atoms with van der Waals surface area (Å²) in [6.07, 6.45) is 7.34. The zero-order valence-corrected chi connectivity index (χ0v) is 17.9. The van der Waals surface area contributed by atoms with Gasteiger partial charge in [-0.25, -0.2) is 0 Å². The Hall–Kier alpha value is -2.73. The minimum Gasteiger partial charge on any atom is -0.361 e. The average Bonchev–Trinajstić information content (AvgIpc) is 3.22. The monoisotopic (exact) mass is 421 g/mol. The van der Waals surface area contributed by atoms with Crippen molar-refractivity contribution in [1.82, 2.24) is 4.98 Å². The lowest BCUT2D eigenvalue weighted by Crippen LogP contribution is -2.24. The minimum atomic E-state index is -0.270. The van der Waals surface area contributed by atoms with Gasteiger partial charge in [0, 0.05) is 33.9 Å². The zero-order valence-electron chi connectivity index (χ0n) is 17.1. The molecule has 1 aliphatic rings. The highest BCUT2D eigenvalue weighted by Gasteiger charge is 2.21. The molecule has 1 heterocycles. The molecule has 5 nitrogen and oxygen atoms in total. The van der Waals surface area contributed by atoms with Gasteiger partial charge in [0.1, 0.15) is 0 Å². The quantitative estimate of drug-likeness (QED) is 0.440. The van der Waals surface area contributed by atoms with Crippen LogP contribution in [0.4, 0.5) is 11.4 Å². The van der Waals surface area contributed by atoms with Crippen molar-refractivity contribution in [2.75, 3.05) is 10.6 Å². The smallest absolute Gasteiger partial charge is 0.237 e. The van der Waals surface area contributed by atoms with Crippen LogP contribution in [0.25, 0.3) is 10.9 Å². The van der Waals surface area contributed by atoms with Crippen LogP contribution in [0.2, 0.25) is 0 Å². The molecule has 0 saturated heterocycles. The van der Waals surface area contributed by atoms with Crippen LogP contribution >= 0.6 is 11.8 Å². The van der Waals surface area contributed by atoms with E-state index >= 15 is 0 Å². The topological polar surface area (TPSA) is 74.0 Å². The van der Waals surface area contributed by atoms with Crippen molar-refractivity contribution in [3.8, 4) is 0 Å². The molecule has 3 N–H and O–H groups in total. The highest BCUT2D eigenvalue weighted by molar-refractivity contribution is 8.00. The van der Waals surface area contributed by atoms with Crippen molar-refractivity contribution in [1.29, 1.82) is 0 Å². The molecule has 30 heavy (non-hydrogen) atoms. The molecule has 156 valence electrons. The molecular formula is C24H27N3O2S. The van der Waals surface area contributed by atoms with Crippen LogP contribution in [0.15, 0.2) is 59.6 Å². The van der Waals surface area contributed by atoms with E-state index in [-0.39, 0.29) is 23.0 Å². The van der Waals surface area contributed by atoms with E-state index in [1.807, 2.05) is 61.7 Å². The molecule has 1 aromatic heterocycles. The standard InChI is InChI=1S/C24H27N3O2S/c1-16(23(28)26-20-11-10-17-12-13-25-22(17)15-20)30-21-9-5-8-19(14-21)27-24(29)18-6-3-2-4-7-18/h5,8-16,18,25H,2-4,6-7H2,1H3,(H,26,28)(H,27,29). The summed E-state index contributed by atoms with van der Waals surface area (Å²) >= 11 is 1.48.